The van der Waals surface area contributed by atoms with Gasteiger partial charge in [0, 0.05) is 41.2 Å². The van der Waals surface area contributed by atoms with Crippen molar-refractivity contribution >= 4 is 68.0 Å². The number of likely N-dealkylation sites (N-methyl/N-ethyl adjacent to an activating group) is 2. The Morgan fingerprint density at radius 2 is 1.86 bits per heavy atom. The fourth-order valence-corrected chi connectivity index (χ4v) is 3.55. The SMILES string of the molecule is CCOC(=O)Cn1cc(C=C2C(=O)N(C)C(=S)N(C)C2=O)c2cc(Br)ccc21. The molecule has 0 unspecified atom stereocenters. The van der Waals surface area contributed by atoms with E-state index in [1.165, 1.54) is 30.0 Å². The quantitative estimate of drug-likeness (QED) is 0.301. The van der Waals surface area contributed by atoms with Crippen LogP contribution < -0.4 is 0 Å². The van der Waals surface area contributed by atoms with Crippen LogP contribution in [0.1, 0.15) is 12.5 Å². The minimum Gasteiger partial charge on any atom is -0.465 e. The van der Waals surface area contributed by atoms with E-state index in [4.69, 9.17) is 17.0 Å². The molecule has 146 valence electrons. The Morgan fingerprint density at radius 1 is 1.21 bits per heavy atom. The molecule has 1 aliphatic heterocycles. The number of benzene rings is 1. The average Bonchev–Trinajstić information content (AvgIpc) is 2.98. The molecule has 28 heavy (non-hydrogen) atoms. The van der Waals surface area contributed by atoms with Crippen LogP contribution in [0.2, 0.25) is 0 Å². The number of hydrogen-bond acceptors (Lipinski definition) is 5. The molecule has 2 aromatic rings. The zero-order valence-corrected chi connectivity index (χ0v) is 18.0. The number of fused-ring (bicyclic) bond motifs is 1. The molecule has 2 amide bonds. The van der Waals surface area contributed by atoms with Gasteiger partial charge in [0.25, 0.3) is 11.8 Å². The summed E-state index contributed by atoms with van der Waals surface area (Å²) < 4.78 is 7.61. The van der Waals surface area contributed by atoms with Gasteiger partial charge in [-0.2, -0.15) is 0 Å². The molecule has 0 atom stereocenters. The van der Waals surface area contributed by atoms with Gasteiger partial charge in [-0.05, 0) is 43.4 Å². The molecular formula is C19H18BrN3O4S. The Hall–Kier alpha value is -2.52. The highest BCUT2D eigenvalue weighted by Gasteiger charge is 2.35. The summed E-state index contributed by atoms with van der Waals surface area (Å²) in [5.74, 6) is -1.29. The second kappa shape index (κ2) is 7.84. The summed E-state index contributed by atoms with van der Waals surface area (Å²) in [6.07, 6.45) is 3.27. The number of amides is 2. The summed E-state index contributed by atoms with van der Waals surface area (Å²) in [6.45, 7) is 2.07. The van der Waals surface area contributed by atoms with E-state index in [2.05, 4.69) is 15.9 Å². The minimum atomic E-state index is -0.464. The predicted octanol–water partition coefficient (Wildman–Crippen LogP) is 2.57. The Morgan fingerprint density at radius 3 is 2.46 bits per heavy atom. The van der Waals surface area contributed by atoms with Crippen LogP contribution in [0, 0.1) is 0 Å². The number of hydrogen-bond donors (Lipinski definition) is 0. The number of carbonyl (C=O) groups is 3. The van der Waals surface area contributed by atoms with E-state index in [9.17, 15) is 14.4 Å². The summed E-state index contributed by atoms with van der Waals surface area (Å²) in [4.78, 5) is 39.7. The molecule has 0 bridgehead atoms. The minimum absolute atomic E-state index is 0.00811. The third-order valence-corrected chi connectivity index (χ3v) is 5.46. The van der Waals surface area contributed by atoms with Gasteiger partial charge in [0.05, 0.1) is 6.61 Å². The summed E-state index contributed by atoms with van der Waals surface area (Å²) >= 11 is 8.55. The monoisotopic (exact) mass is 463 g/mol. The van der Waals surface area contributed by atoms with Crippen molar-refractivity contribution in [3.63, 3.8) is 0 Å². The van der Waals surface area contributed by atoms with Crippen LogP contribution in [0.5, 0.6) is 0 Å². The molecule has 1 fully saturated rings. The molecule has 1 aliphatic rings. The van der Waals surface area contributed by atoms with Crippen molar-refractivity contribution in [3.05, 3.63) is 40.0 Å². The number of rotatable bonds is 4. The highest BCUT2D eigenvalue weighted by Crippen LogP contribution is 2.28. The van der Waals surface area contributed by atoms with Crippen LogP contribution in [0.25, 0.3) is 17.0 Å². The van der Waals surface area contributed by atoms with E-state index in [0.29, 0.717) is 12.2 Å². The van der Waals surface area contributed by atoms with Crippen LogP contribution in [0.3, 0.4) is 0 Å². The molecule has 1 saturated heterocycles. The maximum Gasteiger partial charge on any atom is 0.325 e. The topological polar surface area (TPSA) is 71.8 Å². The molecule has 3 rings (SSSR count). The van der Waals surface area contributed by atoms with Crippen LogP contribution in [0.15, 0.2) is 34.4 Å². The molecule has 0 N–H and O–H groups in total. The number of esters is 1. The average molecular weight is 464 g/mol. The van der Waals surface area contributed by atoms with Crippen molar-refractivity contribution in [2.75, 3.05) is 20.7 Å². The highest BCUT2D eigenvalue weighted by molar-refractivity contribution is 9.10. The second-order valence-electron chi connectivity index (χ2n) is 6.25. The fraction of sp³-hybridized carbons (Fsp3) is 0.263. The van der Waals surface area contributed by atoms with Gasteiger partial charge in [0.15, 0.2) is 5.11 Å². The van der Waals surface area contributed by atoms with Gasteiger partial charge in [-0.15, -0.1) is 0 Å². The lowest BCUT2D eigenvalue weighted by molar-refractivity contribution is -0.143. The van der Waals surface area contributed by atoms with Crippen molar-refractivity contribution in [2.45, 2.75) is 13.5 Å². The number of halogens is 1. The molecule has 0 spiro atoms. The van der Waals surface area contributed by atoms with Crippen molar-refractivity contribution in [2.24, 2.45) is 0 Å². The van der Waals surface area contributed by atoms with Crippen LogP contribution in [-0.2, 0) is 25.7 Å². The zero-order valence-electron chi connectivity index (χ0n) is 15.6. The number of aromatic nitrogens is 1. The van der Waals surface area contributed by atoms with E-state index in [-0.39, 0.29) is 23.2 Å². The molecule has 0 saturated carbocycles. The summed E-state index contributed by atoms with van der Waals surface area (Å²) in [7, 11) is 3.06. The number of thiocarbonyl (C=S) groups is 1. The van der Waals surface area contributed by atoms with E-state index < -0.39 is 11.8 Å². The van der Waals surface area contributed by atoms with E-state index in [0.717, 1.165) is 15.4 Å². The molecule has 0 aliphatic carbocycles. The lowest BCUT2D eigenvalue weighted by Crippen LogP contribution is -2.52. The van der Waals surface area contributed by atoms with Crippen molar-refractivity contribution in [3.8, 4) is 0 Å². The summed E-state index contributed by atoms with van der Waals surface area (Å²) in [5.41, 5.74) is 1.44. The first-order valence-electron chi connectivity index (χ1n) is 8.50. The smallest absolute Gasteiger partial charge is 0.325 e. The molecule has 1 aromatic carbocycles. The molecule has 9 heteroatoms. The zero-order chi connectivity index (χ0) is 20.6. The largest absolute Gasteiger partial charge is 0.465 e. The van der Waals surface area contributed by atoms with Gasteiger partial charge in [-0.1, -0.05) is 15.9 Å². The fourth-order valence-electron chi connectivity index (χ4n) is 3.02. The van der Waals surface area contributed by atoms with Crippen LogP contribution >= 0.6 is 28.1 Å². The lowest BCUT2D eigenvalue weighted by atomic mass is 10.1. The van der Waals surface area contributed by atoms with Gasteiger partial charge in [0.1, 0.15) is 12.1 Å². The lowest BCUT2D eigenvalue weighted by Gasteiger charge is -2.31. The van der Waals surface area contributed by atoms with E-state index in [1.807, 2.05) is 18.2 Å². The number of carbonyl (C=O) groups excluding carboxylic acids is 3. The maximum atomic E-state index is 12.6. The molecule has 0 radical (unpaired) electrons. The predicted molar refractivity (Wildman–Crippen MR) is 112 cm³/mol. The first kappa shape index (κ1) is 20.2. The van der Waals surface area contributed by atoms with Gasteiger partial charge >= 0.3 is 5.97 Å². The van der Waals surface area contributed by atoms with Crippen LogP contribution in [0.4, 0.5) is 0 Å². The molecule has 7 nitrogen and oxygen atoms in total. The summed E-state index contributed by atoms with van der Waals surface area (Å²) in [5, 5.41) is 0.949. The van der Waals surface area contributed by atoms with Crippen LogP contribution in [-0.4, -0.2) is 58.0 Å². The first-order chi connectivity index (χ1) is 13.2. The summed E-state index contributed by atoms with van der Waals surface area (Å²) in [6, 6.07) is 5.59. The van der Waals surface area contributed by atoms with E-state index in [1.54, 1.807) is 17.7 Å². The third kappa shape index (κ3) is 3.59. The molecule has 1 aromatic heterocycles. The Balaban J connectivity index is 2.12. The third-order valence-electron chi connectivity index (χ3n) is 4.42. The van der Waals surface area contributed by atoms with Gasteiger partial charge in [-0.3, -0.25) is 24.2 Å². The Labute approximate surface area is 175 Å². The van der Waals surface area contributed by atoms with Gasteiger partial charge < -0.3 is 9.30 Å². The molecular weight excluding hydrogens is 446 g/mol. The number of ether oxygens (including phenoxy) is 1. The normalized spacial score (nSPS) is 14.9. The van der Waals surface area contributed by atoms with Crippen molar-refractivity contribution in [1.82, 2.24) is 14.4 Å². The second-order valence-corrected chi connectivity index (χ2v) is 7.53. The number of nitrogens with zero attached hydrogens (tertiary/aromatic N) is 3. The highest BCUT2D eigenvalue weighted by atomic mass is 79.9. The molecule has 2 heterocycles. The Bertz CT molecular complexity index is 1020. The standard InChI is InChI=1S/C19H18BrN3O4S/c1-4-27-16(24)10-23-9-11(13-8-12(20)5-6-15(13)23)7-14-17(25)21(2)19(28)22(3)18(14)26/h5-9H,4,10H2,1-3H3. The van der Waals surface area contributed by atoms with E-state index >= 15 is 0 Å². The van der Waals surface area contributed by atoms with Crippen molar-refractivity contribution in [1.29, 1.82) is 0 Å². The van der Waals surface area contributed by atoms with Crippen molar-refractivity contribution < 1.29 is 19.1 Å². The van der Waals surface area contributed by atoms with Gasteiger partial charge in [-0.25, -0.2) is 0 Å². The van der Waals surface area contributed by atoms with Gasteiger partial charge in [0.2, 0.25) is 0 Å². The Kier molecular flexibility index (Phi) is 5.66. The first-order valence-corrected chi connectivity index (χ1v) is 9.70. The maximum absolute atomic E-state index is 12.6.